The third-order valence-electron chi connectivity index (χ3n) is 2.22. The summed E-state index contributed by atoms with van der Waals surface area (Å²) >= 11 is 3.34. The lowest BCUT2D eigenvalue weighted by molar-refractivity contribution is 0.101. The minimum atomic E-state index is -0.0419. The van der Waals surface area contributed by atoms with Gasteiger partial charge in [0.1, 0.15) is 5.75 Å². The van der Waals surface area contributed by atoms with Gasteiger partial charge in [0, 0.05) is 16.2 Å². The van der Waals surface area contributed by atoms with Gasteiger partial charge < -0.3 is 4.74 Å². The molecule has 88 valence electrons. The number of benzene rings is 1. The molecule has 0 atom stereocenters. The molecule has 1 aromatic carbocycles. The normalized spacial score (nSPS) is 10.3. The molecule has 0 aliphatic rings. The maximum atomic E-state index is 11.4. The molecular weight excluding hydrogens is 284 g/mol. The number of hydrogen-bond donors (Lipinski definition) is 1. The fourth-order valence-corrected chi connectivity index (χ4v) is 1.77. The lowest BCUT2D eigenvalue weighted by atomic mass is 10.1. The molecule has 2 rings (SSSR count). The fraction of sp³-hybridized carbons (Fsp3) is 0.167. The van der Waals surface area contributed by atoms with Crippen LogP contribution in [0.3, 0.4) is 0 Å². The Bertz CT molecular complexity index is 563. The van der Waals surface area contributed by atoms with E-state index in [1.807, 2.05) is 6.92 Å². The van der Waals surface area contributed by atoms with Crippen molar-refractivity contribution in [3.8, 4) is 11.6 Å². The maximum absolute atomic E-state index is 11.4. The molecule has 1 N–H and O–H groups in total. The van der Waals surface area contributed by atoms with E-state index < -0.39 is 0 Å². The standard InChI is InChI=1S/C12H11BrN2O2/c1-7-5-12(15-14-7)17-11-6-9(13)3-4-10(11)8(2)16/h3-6H,1-2H3,(H,14,15). The number of hydrogen-bond acceptors (Lipinski definition) is 3. The number of Topliss-reactive ketones (excluding diaryl/α,β-unsaturated/α-hetero) is 1. The van der Waals surface area contributed by atoms with Crippen LogP contribution in [0.1, 0.15) is 23.0 Å². The van der Waals surface area contributed by atoms with Crippen LogP contribution in [0.2, 0.25) is 0 Å². The Morgan fingerprint density at radius 1 is 1.41 bits per heavy atom. The van der Waals surface area contributed by atoms with Gasteiger partial charge in [-0.05, 0) is 32.0 Å². The van der Waals surface area contributed by atoms with Crippen molar-refractivity contribution in [1.82, 2.24) is 10.2 Å². The smallest absolute Gasteiger partial charge is 0.238 e. The number of ether oxygens (including phenoxy) is 1. The second-order valence-electron chi connectivity index (χ2n) is 3.69. The van der Waals surface area contributed by atoms with E-state index in [-0.39, 0.29) is 5.78 Å². The Hall–Kier alpha value is -1.62. The molecule has 4 nitrogen and oxygen atoms in total. The molecule has 0 bridgehead atoms. The minimum absolute atomic E-state index is 0.0419. The van der Waals surface area contributed by atoms with Crippen LogP contribution in [0.4, 0.5) is 0 Å². The maximum Gasteiger partial charge on any atom is 0.238 e. The van der Waals surface area contributed by atoms with Crippen molar-refractivity contribution in [2.75, 3.05) is 0 Å². The summed E-state index contributed by atoms with van der Waals surface area (Å²) < 4.78 is 6.43. The number of halogens is 1. The molecule has 0 saturated carbocycles. The van der Waals surface area contributed by atoms with Gasteiger partial charge in [-0.15, -0.1) is 5.10 Å². The van der Waals surface area contributed by atoms with Crippen LogP contribution in [-0.2, 0) is 0 Å². The topological polar surface area (TPSA) is 55.0 Å². The third-order valence-corrected chi connectivity index (χ3v) is 2.71. The number of carbonyl (C=O) groups is 1. The molecule has 0 saturated heterocycles. The molecule has 0 aliphatic heterocycles. The van der Waals surface area contributed by atoms with Gasteiger partial charge in [-0.3, -0.25) is 9.89 Å². The predicted octanol–water partition coefficient (Wildman–Crippen LogP) is 3.48. The zero-order chi connectivity index (χ0) is 12.4. The Kier molecular flexibility index (Phi) is 3.28. The monoisotopic (exact) mass is 294 g/mol. The van der Waals surface area contributed by atoms with E-state index in [1.54, 1.807) is 24.3 Å². The Morgan fingerprint density at radius 2 is 2.18 bits per heavy atom. The van der Waals surface area contributed by atoms with Gasteiger partial charge in [0.15, 0.2) is 5.78 Å². The average molecular weight is 295 g/mol. The van der Waals surface area contributed by atoms with Crippen LogP contribution in [0.15, 0.2) is 28.7 Å². The number of nitrogens with one attached hydrogen (secondary N) is 1. The second-order valence-corrected chi connectivity index (χ2v) is 4.60. The summed E-state index contributed by atoms with van der Waals surface area (Å²) in [4.78, 5) is 11.4. The predicted molar refractivity (Wildman–Crippen MR) is 67.5 cm³/mol. The van der Waals surface area contributed by atoms with Crippen molar-refractivity contribution in [3.05, 3.63) is 40.0 Å². The van der Waals surface area contributed by atoms with Gasteiger partial charge in [-0.1, -0.05) is 15.9 Å². The zero-order valence-electron chi connectivity index (χ0n) is 9.45. The highest BCUT2D eigenvalue weighted by Gasteiger charge is 2.11. The van der Waals surface area contributed by atoms with Crippen LogP contribution < -0.4 is 4.74 Å². The summed E-state index contributed by atoms with van der Waals surface area (Å²) in [6, 6.07) is 7.05. The molecule has 0 aliphatic carbocycles. The van der Waals surface area contributed by atoms with Gasteiger partial charge in [0.05, 0.1) is 5.56 Å². The van der Waals surface area contributed by atoms with Gasteiger partial charge >= 0.3 is 0 Å². The molecule has 5 heteroatoms. The van der Waals surface area contributed by atoms with Crippen molar-refractivity contribution >= 4 is 21.7 Å². The second kappa shape index (κ2) is 4.71. The summed E-state index contributed by atoms with van der Waals surface area (Å²) in [6.07, 6.45) is 0. The van der Waals surface area contributed by atoms with Crippen molar-refractivity contribution in [1.29, 1.82) is 0 Å². The first-order valence-electron chi connectivity index (χ1n) is 5.06. The molecule has 17 heavy (non-hydrogen) atoms. The Morgan fingerprint density at radius 3 is 2.76 bits per heavy atom. The summed E-state index contributed by atoms with van der Waals surface area (Å²) in [5.41, 5.74) is 1.44. The Balaban J connectivity index is 2.37. The van der Waals surface area contributed by atoms with Crippen LogP contribution in [0.5, 0.6) is 11.6 Å². The molecule has 0 radical (unpaired) electrons. The van der Waals surface area contributed by atoms with E-state index >= 15 is 0 Å². The fourth-order valence-electron chi connectivity index (χ4n) is 1.43. The van der Waals surface area contributed by atoms with Crippen molar-refractivity contribution in [2.45, 2.75) is 13.8 Å². The van der Waals surface area contributed by atoms with Gasteiger partial charge in [0.2, 0.25) is 5.88 Å². The largest absolute Gasteiger partial charge is 0.437 e. The SMILES string of the molecule is CC(=O)c1ccc(Br)cc1Oc1cc(C)[nH]n1. The van der Waals surface area contributed by atoms with Crippen LogP contribution in [0, 0.1) is 6.92 Å². The number of aromatic amines is 1. The van der Waals surface area contributed by atoms with Crippen LogP contribution >= 0.6 is 15.9 Å². The Labute approximate surface area is 107 Å². The molecule has 1 aromatic heterocycles. The lowest BCUT2D eigenvalue weighted by Gasteiger charge is -2.07. The van der Waals surface area contributed by atoms with Gasteiger partial charge in [-0.2, -0.15) is 0 Å². The zero-order valence-corrected chi connectivity index (χ0v) is 11.0. The number of nitrogens with zero attached hydrogens (tertiary/aromatic N) is 1. The highest BCUT2D eigenvalue weighted by molar-refractivity contribution is 9.10. The number of H-pyrrole nitrogens is 1. The summed E-state index contributed by atoms with van der Waals surface area (Å²) in [5.74, 6) is 0.904. The van der Waals surface area contributed by atoms with Crippen molar-refractivity contribution in [2.24, 2.45) is 0 Å². The number of aromatic nitrogens is 2. The average Bonchev–Trinajstić information content (AvgIpc) is 2.63. The van der Waals surface area contributed by atoms with E-state index in [1.165, 1.54) is 6.92 Å². The molecule has 0 fully saturated rings. The molecule has 0 unspecified atom stereocenters. The number of carbonyl (C=O) groups excluding carboxylic acids is 1. The third kappa shape index (κ3) is 2.74. The molecule has 0 spiro atoms. The van der Waals surface area contributed by atoms with E-state index in [0.29, 0.717) is 17.2 Å². The number of ketones is 1. The molecular formula is C12H11BrN2O2. The molecule has 2 aromatic rings. The van der Waals surface area contributed by atoms with Crippen LogP contribution in [0.25, 0.3) is 0 Å². The quantitative estimate of drug-likeness (QED) is 0.882. The highest BCUT2D eigenvalue weighted by atomic mass is 79.9. The van der Waals surface area contributed by atoms with Crippen molar-refractivity contribution in [3.63, 3.8) is 0 Å². The first-order chi connectivity index (χ1) is 8.06. The van der Waals surface area contributed by atoms with Gasteiger partial charge in [-0.25, -0.2) is 0 Å². The van der Waals surface area contributed by atoms with Gasteiger partial charge in [0.25, 0.3) is 0 Å². The molecule has 0 amide bonds. The molecule has 1 heterocycles. The van der Waals surface area contributed by atoms with E-state index in [0.717, 1.165) is 10.2 Å². The number of rotatable bonds is 3. The van der Waals surface area contributed by atoms with E-state index in [2.05, 4.69) is 26.1 Å². The first-order valence-corrected chi connectivity index (χ1v) is 5.86. The highest BCUT2D eigenvalue weighted by Crippen LogP contribution is 2.28. The van der Waals surface area contributed by atoms with E-state index in [4.69, 9.17) is 4.74 Å². The number of aryl methyl sites for hydroxylation is 1. The van der Waals surface area contributed by atoms with Crippen LogP contribution in [-0.4, -0.2) is 16.0 Å². The van der Waals surface area contributed by atoms with E-state index in [9.17, 15) is 4.79 Å². The minimum Gasteiger partial charge on any atom is -0.437 e. The summed E-state index contributed by atoms with van der Waals surface area (Å²) in [6.45, 7) is 3.39. The first kappa shape index (κ1) is 11.9. The summed E-state index contributed by atoms with van der Waals surface area (Å²) in [5, 5.41) is 6.75. The summed E-state index contributed by atoms with van der Waals surface area (Å²) in [7, 11) is 0. The van der Waals surface area contributed by atoms with Crippen molar-refractivity contribution < 1.29 is 9.53 Å². The lowest BCUT2D eigenvalue weighted by Crippen LogP contribution is -1.97.